The van der Waals surface area contributed by atoms with Gasteiger partial charge in [-0.1, -0.05) is 6.07 Å². The molecule has 2 heterocycles. The lowest BCUT2D eigenvalue weighted by Crippen LogP contribution is -1.98. The number of nitrogen functional groups attached to an aromatic ring is 1. The summed E-state index contributed by atoms with van der Waals surface area (Å²) >= 11 is 2.11. The Balaban J connectivity index is 2.16. The summed E-state index contributed by atoms with van der Waals surface area (Å²) in [6, 6.07) is 9.86. The Morgan fingerprint density at radius 1 is 1.11 bits per heavy atom. The number of nitrogens with zero attached hydrogens (tertiary/aromatic N) is 3. The van der Waals surface area contributed by atoms with Gasteiger partial charge in [-0.05, 0) is 46.9 Å². The number of fused-ring (bicyclic) bond motifs is 1. The monoisotopic (exact) mass is 348 g/mol. The average molecular weight is 348 g/mol. The summed E-state index contributed by atoms with van der Waals surface area (Å²) in [4.78, 5) is 12.9. The van der Waals surface area contributed by atoms with Crippen LogP contribution in [-0.4, -0.2) is 15.0 Å². The molecule has 0 aliphatic heterocycles. The Morgan fingerprint density at radius 2 is 2.00 bits per heavy atom. The average Bonchev–Trinajstić information content (AvgIpc) is 2.41. The van der Waals surface area contributed by atoms with E-state index >= 15 is 0 Å². The van der Waals surface area contributed by atoms with Gasteiger partial charge < -0.3 is 5.73 Å². The molecule has 3 aromatic rings. The number of hydrogen-bond acceptors (Lipinski definition) is 4. The normalized spacial score (nSPS) is 10.7. The molecule has 88 valence electrons. The highest BCUT2D eigenvalue weighted by atomic mass is 127. The Kier molecular flexibility index (Phi) is 2.83. The van der Waals surface area contributed by atoms with Crippen LogP contribution in [0.2, 0.25) is 0 Å². The molecule has 18 heavy (non-hydrogen) atoms. The van der Waals surface area contributed by atoms with Crippen LogP contribution in [0, 0.1) is 3.57 Å². The van der Waals surface area contributed by atoms with E-state index in [1.807, 2.05) is 30.3 Å². The number of aromatic nitrogens is 3. The third-order valence-corrected chi connectivity index (χ3v) is 3.46. The molecule has 0 saturated carbocycles. The maximum Gasteiger partial charge on any atom is 0.161 e. The zero-order valence-electron chi connectivity index (χ0n) is 9.34. The minimum atomic E-state index is 0.506. The van der Waals surface area contributed by atoms with Crippen LogP contribution in [0.15, 0.2) is 42.7 Å². The second kappa shape index (κ2) is 4.49. The van der Waals surface area contributed by atoms with Crippen molar-refractivity contribution in [2.45, 2.75) is 0 Å². The van der Waals surface area contributed by atoms with Gasteiger partial charge in [0.15, 0.2) is 5.82 Å². The number of anilines is 1. The van der Waals surface area contributed by atoms with Gasteiger partial charge in [0.2, 0.25) is 0 Å². The molecule has 0 atom stereocenters. The molecule has 5 heteroatoms. The van der Waals surface area contributed by atoms with Crippen LogP contribution >= 0.6 is 22.6 Å². The smallest absolute Gasteiger partial charge is 0.161 e. The molecule has 0 bridgehead atoms. The summed E-state index contributed by atoms with van der Waals surface area (Å²) in [6.07, 6.45) is 3.51. The Bertz CT molecular complexity index is 727. The van der Waals surface area contributed by atoms with E-state index in [0.29, 0.717) is 11.6 Å². The topological polar surface area (TPSA) is 64.7 Å². The van der Waals surface area contributed by atoms with Gasteiger partial charge in [-0.25, -0.2) is 9.97 Å². The highest BCUT2D eigenvalue weighted by molar-refractivity contribution is 14.1. The minimum Gasteiger partial charge on any atom is -0.383 e. The van der Waals surface area contributed by atoms with Crippen molar-refractivity contribution < 1.29 is 0 Å². The maximum atomic E-state index is 5.80. The van der Waals surface area contributed by atoms with Crippen LogP contribution in [0.5, 0.6) is 0 Å². The second-order valence-electron chi connectivity index (χ2n) is 3.84. The van der Waals surface area contributed by atoms with Gasteiger partial charge in [-0.2, -0.15) is 0 Å². The summed E-state index contributed by atoms with van der Waals surface area (Å²) in [5.74, 6) is 1.14. The number of pyridine rings is 1. The number of hydrogen-bond donors (Lipinski definition) is 1. The summed E-state index contributed by atoms with van der Waals surface area (Å²) < 4.78 is 0.860. The quantitative estimate of drug-likeness (QED) is 0.687. The van der Waals surface area contributed by atoms with E-state index in [1.54, 1.807) is 12.4 Å². The molecule has 4 nitrogen and oxygen atoms in total. The predicted molar refractivity (Wildman–Crippen MR) is 79.9 cm³/mol. The van der Waals surface area contributed by atoms with Gasteiger partial charge in [-0.3, -0.25) is 4.98 Å². The first-order valence-corrected chi connectivity index (χ1v) is 6.45. The highest BCUT2D eigenvalue weighted by Crippen LogP contribution is 2.22. The number of halogens is 1. The molecule has 0 spiro atoms. The van der Waals surface area contributed by atoms with Gasteiger partial charge in [-0.15, -0.1) is 0 Å². The fourth-order valence-corrected chi connectivity index (χ4v) is 1.99. The minimum absolute atomic E-state index is 0.506. The molecular formula is C13H9IN4. The van der Waals surface area contributed by atoms with Crippen LogP contribution in [0.25, 0.3) is 22.3 Å². The molecule has 0 radical (unpaired) electrons. The van der Waals surface area contributed by atoms with Crippen molar-refractivity contribution in [2.24, 2.45) is 0 Å². The van der Waals surface area contributed by atoms with Gasteiger partial charge in [0.25, 0.3) is 0 Å². The first-order valence-electron chi connectivity index (χ1n) is 5.37. The first kappa shape index (κ1) is 11.3. The fraction of sp³-hybridized carbons (Fsp3) is 0. The van der Waals surface area contributed by atoms with Gasteiger partial charge in [0.1, 0.15) is 5.82 Å². The third kappa shape index (κ3) is 2.01. The van der Waals surface area contributed by atoms with Crippen LogP contribution in [0.3, 0.4) is 0 Å². The van der Waals surface area contributed by atoms with E-state index in [4.69, 9.17) is 5.73 Å². The molecule has 3 rings (SSSR count). The van der Waals surface area contributed by atoms with Gasteiger partial charge >= 0.3 is 0 Å². The third-order valence-electron chi connectivity index (χ3n) is 2.63. The van der Waals surface area contributed by atoms with Crippen molar-refractivity contribution >= 4 is 39.3 Å². The maximum absolute atomic E-state index is 5.80. The lowest BCUT2D eigenvalue weighted by molar-refractivity contribution is 1.17. The van der Waals surface area contributed by atoms with Crippen LogP contribution in [-0.2, 0) is 0 Å². The van der Waals surface area contributed by atoms with Gasteiger partial charge in [0, 0.05) is 23.3 Å². The SMILES string of the molecule is Nc1nc(-c2ccc3ncccc3c2)ncc1I. The summed E-state index contributed by atoms with van der Waals surface area (Å²) in [5, 5.41) is 1.07. The lowest BCUT2D eigenvalue weighted by atomic mass is 10.1. The molecular weight excluding hydrogens is 339 g/mol. The first-order chi connectivity index (χ1) is 8.74. The Hall–Kier alpha value is -1.76. The molecule has 2 N–H and O–H groups in total. The summed E-state index contributed by atoms with van der Waals surface area (Å²) in [6.45, 7) is 0. The number of nitrogens with two attached hydrogens (primary N) is 1. The van der Waals surface area contributed by atoms with Crippen molar-refractivity contribution in [3.8, 4) is 11.4 Å². The standard InChI is InChI=1S/C13H9IN4/c14-10-7-17-13(18-12(10)15)9-3-4-11-8(6-9)2-1-5-16-11/h1-7H,(H2,15,17,18). The van der Waals surface area contributed by atoms with E-state index in [2.05, 4.69) is 37.5 Å². The van der Waals surface area contributed by atoms with Crippen LogP contribution in [0.4, 0.5) is 5.82 Å². The Morgan fingerprint density at radius 3 is 2.83 bits per heavy atom. The van der Waals surface area contributed by atoms with E-state index in [9.17, 15) is 0 Å². The van der Waals surface area contributed by atoms with Crippen LogP contribution < -0.4 is 5.73 Å². The molecule has 1 aromatic carbocycles. The van der Waals surface area contributed by atoms with E-state index in [0.717, 1.165) is 20.0 Å². The van der Waals surface area contributed by atoms with Crippen molar-refractivity contribution in [1.82, 2.24) is 15.0 Å². The van der Waals surface area contributed by atoms with E-state index in [1.165, 1.54) is 0 Å². The number of rotatable bonds is 1. The molecule has 0 aliphatic carbocycles. The molecule has 2 aromatic heterocycles. The van der Waals surface area contributed by atoms with Gasteiger partial charge in [0.05, 0.1) is 9.09 Å². The summed E-state index contributed by atoms with van der Waals surface area (Å²) in [5.41, 5.74) is 7.70. The lowest BCUT2D eigenvalue weighted by Gasteiger charge is -2.04. The zero-order chi connectivity index (χ0) is 12.5. The molecule has 0 amide bonds. The molecule has 0 aliphatic rings. The van der Waals surface area contributed by atoms with E-state index in [-0.39, 0.29) is 0 Å². The number of benzene rings is 1. The van der Waals surface area contributed by atoms with Crippen molar-refractivity contribution in [3.05, 3.63) is 46.3 Å². The van der Waals surface area contributed by atoms with Crippen LogP contribution in [0.1, 0.15) is 0 Å². The second-order valence-corrected chi connectivity index (χ2v) is 5.00. The van der Waals surface area contributed by atoms with Crippen molar-refractivity contribution in [1.29, 1.82) is 0 Å². The predicted octanol–water partition coefficient (Wildman–Crippen LogP) is 2.88. The molecule has 0 saturated heterocycles. The van der Waals surface area contributed by atoms with E-state index < -0.39 is 0 Å². The molecule has 0 unspecified atom stereocenters. The summed E-state index contributed by atoms with van der Waals surface area (Å²) in [7, 11) is 0. The molecule has 0 fully saturated rings. The highest BCUT2D eigenvalue weighted by Gasteiger charge is 2.05. The van der Waals surface area contributed by atoms with Crippen molar-refractivity contribution in [3.63, 3.8) is 0 Å². The fourth-order valence-electron chi connectivity index (χ4n) is 1.73. The Labute approximate surface area is 117 Å². The largest absolute Gasteiger partial charge is 0.383 e. The van der Waals surface area contributed by atoms with Crippen molar-refractivity contribution in [2.75, 3.05) is 5.73 Å². The zero-order valence-corrected chi connectivity index (χ0v) is 11.5.